The molecule has 2 N–H and O–H groups in total. The number of carbonyl (C=O) groups is 1. The van der Waals surface area contributed by atoms with Gasteiger partial charge in [0.1, 0.15) is 0 Å². The molecule has 1 aromatic heterocycles. The molecule has 0 atom stereocenters. The van der Waals surface area contributed by atoms with E-state index in [0.29, 0.717) is 15.2 Å². The van der Waals surface area contributed by atoms with E-state index in [4.69, 9.17) is 28.3 Å². The molecule has 0 saturated carbocycles. The van der Waals surface area contributed by atoms with E-state index in [0.717, 1.165) is 21.5 Å². The summed E-state index contributed by atoms with van der Waals surface area (Å²) in [7, 11) is 0. The van der Waals surface area contributed by atoms with Gasteiger partial charge in [0, 0.05) is 4.90 Å². The molecule has 22 heavy (non-hydrogen) atoms. The zero-order chi connectivity index (χ0) is 15.7. The van der Waals surface area contributed by atoms with Crippen LogP contribution in [0.1, 0.15) is 5.56 Å². The van der Waals surface area contributed by atoms with E-state index >= 15 is 0 Å². The lowest BCUT2D eigenvalue weighted by Crippen LogP contribution is -1.99. The van der Waals surface area contributed by atoms with Gasteiger partial charge in [-0.3, -0.25) is 4.79 Å². The molecule has 3 rings (SSSR count). The van der Waals surface area contributed by atoms with Crippen LogP contribution in [-0.2, 0) is 11.2 Å². The number of hydrogen-bond donors (Lipinski definition) is 2. The van der Waals surface area contributed by atoms with Crippen LogP contribution in [0, 0.1) is 0 Å². The van der Waals surface area contributed by atoms with Crippen LogP contribution in [0.3, 0.4) is 0 Å². The minimum atomic E-state index is -0.852. The molecule has 0 radical (unpaired) electrons. The predicted octanol–water partition coefficient (Wildman–Crippen LogP) is 4.65. The highest BCUT2D eigenvalue weighted by molar-refractivity contribution is 7.99. The Hall–Kier alpha value is -1.69. The fraction of sp³-hybridized carbons (Fsp3) is 0.0667. The van der Waals surface area contributed by atoms with Gasteiger partial charge in [0.2, 0.25) is 0 Å². The largest absolute Gasteiger partial charge is 0.481 e. The Labute approximate surface area is 140 Å². The van der Waals surface area contributed by atoms with E-state index < -0.39 is 5.97 Å². The molecule has 112 valence electrons. The quantitative estimate of drug-likeness (QED) is 0.717. The molecule has 1 heterocycles. The summed E-state index contributed by atoms with van der Waals surface area (Å²) in [6.45, 7) is 0. The van der Waals surface area contributed by atoms with E-state index in [2.05, 4.69) is 9.97 Å². The first-order valence-corrected chi connectivity index (χ1v) is 7.92. The molecule has 0 spiro atoms. The number of aromatic amines is 1. The van der Waals surface area contributed by atoms with Crippen LogP contribution in [0.2, 0.25) is 10.0 Å². The van der Waals surface area contributed by atoms with Crippen LogP contribution in [0.15, 0.2) is 46.5 Å². The van der Waals surface area contributed by atoms with Gasteiger partial charge < -0.3 is 10.1 Å². The molecule has 4 nitrogen and oxygen atoms in total. The number of nitrogens with zero attached hydrogens (tertiary/aromatic N) is 1. The number of fused-ring (bicyclic) bond motifs is 1. The topological polar surface area (TPSA) is 66.0 Å². The number of aliphatic carboxylic acids is 1. The van der Waals surface area contributed by atoms with Crippen molar-refractivity contribution in [1.29, 1.82) is 0 Å². The maximum Gasteiger partial charge on any atom is 0.307 e. The number of benzene rings is 2. The summed E-state index contributed by atoms with van der Waals surface area (Å²) in [6.07, 6.45) is -0.000252. The monoisotopic (exact) mass is 352 g/mol. The lowest BCUT2D eigenvalue weighted by atomic mass is 10.2. The van der Waals surface area contributed by atoms with Crippen LogP contribution in [0.5, 0.6) is 0 Å². The van der Waals surface area contributed by atoms with Gasteiger partial charge in [-0.05, 0) is 29.8 Å². The molecule has 0 unspecified atom stereocenters. The van der Waals surface area contributed by atoms with E-state index in [1.807, 2.05) is 18.2 Å². The first-order valence-electron chi connectivity index (χ1n) is 6.34. The summed E-state index contributed by atoms with van der Waals surface area (Å²) in [6, 6.07) is 10.8. The Morgan fingerprint density at radius 3 is 2.77 bits per heavy atom. The van der Waals surface area contributed by atoms with Crippen molar-refractivity contribution in [3.63, 3.8) is 0 Å². The van der Waals surface area contributed by atoms with Crippen LogP contribution < -0.4 is 0 Å². The molecular formula is C15H10Cl2N2O2S. The average molecular weight is 353 g/mol. The van der Waals surface area contributed by atoms with Crippen molar-refractivity contribution < 1.29 is 9.90 Å². The Kier molecular flexibility index (Phi) is 4.29. The highest BCUT2D eigenvalue weighted by Crippen LogP contribution is 2.31. The van der Waals surface area contributed by atoms with Crippen molar-refractivity contribution in [3.8, 4) is 0 Å². The van der Waals surface area contributed by atoms with E-state index in [9.17, 15) is 4.79 Å². The maximum absolute atomic E-state index is 10.8. The Balaban J connectivity index is 1.88. The molecule has 0 amide bonds. The second kappa shape index (κ2) is 6.20. The summed E-state index contributed by atoms with van der Waals surface area (Å²) in [5.74, 6) is -0.852. The molecule has 0 bridgehead atoms. The lowest BCUT2D eigenvalue weighted by molar-refractivity contribution is -0.136. The smallest absolute Gasteiger partial charge is 0.307 e. The van der Waals surface area contributed by atoms with Gasteiger partial charge in [0.15, 0.2) is 5.16 Å². The molecule has 3 aromatic rings. The normalized spacial score (nSPS) is 11.0. The van der Waals surface area contributed by atoms with Gasteiger partial charge in [-0.25, -0.2) is 4.98 Å². The molecule has 0 aliphatic carbocycles. The average Bonchev–Trinajstić information content (AvgIpc) is 2.80. The van der Waals surface area contributed by atoms with Crippen molar-refractivity contribution in [1.82, 2.24) is 9.97 Å². The van der Waals surface area contributed by atoms with E-state index in [-0.39, 0.29) is 6.42 Å². The summed E-state index contributed by atoms with van der Waals surface area (Å²) >= 11 is 13.4. The highest BCUT2D eigenvalue weighted by Gasteiger charge is 2.09. The van der Waals surface area contributed by atoms with Gasteiger partial charge in [-0.15, -0.1) is 0 Å². The predicted molar refractivity (Wildman–Crippen MR) is 88.0 cm³/mol. The fourth-order valence-electron chi connectivity index (χ4n) is 2.04. The van der Waals surface area contributed by atoms with Crippen LogP contribution in [0.4, 0.5) is 0 Å². The Morgan fingerprint density at radius 2 is 2.00 bits per heavy atom. The highest BCUT2D eigenvalue weighted by atomic mass is 35.5. The number of H-pyrrole nitrogens is 1. The Bertz CT molecular complexity index is 825. The minimum Gasteiger partial charge on any atom is -0.481 e. The number of rotatable bonds is 4. The fourth-order valence-corrected chi connectivity index (χ4v) is 3.24. The second-order valence-corrected chi connectivity index (χ2v) is 6.52. The number of aromatic nitrogens is 2. The second-order valence-electron chi connectivity index (χ2n) is 4.65. The zero-order valence-corrected chi connectivity index (χ0v) is 13.5. The Morgan fingerprint density at radius 1 is 1.23 bits per heavy atom. The van der Waals surface area contributed by atoms with Gasteiger partial charge in [0.25, 0.3) is 0 Å². The molecule has 0 saturated heterocycles. The number of carboxylic acid groups (broad SMARTS) is 1. The number of halogens is 2. The summed E-state index contributed by atoms with van der Waals surface area (Å²) < 4.78 is 0. The molecule has 0 aliphatic rings. The van der Waals surface area contributed by atoms with Crippen molar-refractivity contribution in [2.45, 2.75) is 16.5 Å². The van der Waals surface area contributed by atoms with Crippen molar-refractivity contribution in [3.05, 3.63) is 52.0 Å². The first kappa shape index (κ1) is 15.2. The molecule has 2 aromatic carbocycles. The summed E-state index contributed by atoms with van der Waals surface area (Å²) in [4.78, 5) is 19.3. The summed E-state index contributed by atoms with van der Waals surface area (Å²) in [5.41, 5.74) is 2.29. The third-order valence-electron chi connectivity index (χ3n) is 2.97. The van der Waals surface area contributed by atoms with Crippen molar-refractivity contribution in [2.24, 2.45) is 0 Å². The lowest BCUT2D eigenvalue weighted by Gasteiger charge is -2.01. The van der Waals surface area contributed by atoms with Gasteiger partial charge in [-0.1, -0.05) is 47.1 Å². The molecular weight excluding hydrogens is 343 g/mol. The van der Waals surface area contributed by atoms with Crippen molar-refractivity contribution in [2.75, 3.05) is 0 Å². The zero-order valence-electron chi connectivity index (χ0n) is 11.1. The van der Waals surface area contributed by atoms with Gasteiger partial charge in [0.05, 0.1) is 27.5 Å². The number of imidazole rings is 1. The van der Waals surface area contributed by atoms with Crippen molar-refractivity contribution >= 4 is 52.0 Å². The maximum atomic E-state index is 10.8. The molecule has 0 fully saturated rings. The van der Waals surface area contributed by atoms with E-state index in [1.165, 1.54) is 11.8 Å². The summed E-state index contributed by atoms with van der Waals surface area (Å²) in [5, 5.41) is 10.5. The molecule has 7 heteroatoms. The number of hydrogen-bond acceptors (Lipinski definition) is 3. The third-order valence-corrected chi connectivity index (χ3v) is 4.57. The number of nitrogens with one attached hydrogen (secondary N) is 1. The van der Waals surface area contributed by atoms with Gasteiger partial charge in [-0.2, -0.15) is 0 Å². The van der Waals surface area contributed by atoms with Crippen LogP contribution in [0.25, 0.3) is 11.0 Å². The van der Waals surface area contributed by atoms with Crippen LogP contribution in [-0.4, -0.2) is 21.0 Å². The standard InChI is InChI=1S/C15H10Cl2N2O2S/c16-10-6-12-13(7-11(10)17)19-15(18-12)22-9-3-1-2-8(4-9)5-14(20)21/h1-4,6-7H,5H2,(H,18,19)(H,20,21). The van der Waals surface area contributed by atoms with Gasteiger partial charge >= 0.3 is 5.97 Å². The third kappa shape index (κ3) is 3.38. The molecule has 0 aliphatic heterocycles. The van der Waals surface area contributed by atoms with E-state index in [1.54, 1.807) is 18.2 Å². The van der Waals surface area contributed by atoms with Crippen LogP contribution >= 0.6 is 35.0 Å². The first-order chi connectivity index (χ1) is 10.5. The number of carboxylic acids is 1. The SMILES string of the molecule is O=C(O)Cc1cccc(Sc2nc3cc(Cl)c(Cl)cc3[nH]2)c1. The minimum absolute atomic E-state index is 0.000252.